The second-order valence-corrected chi connectivity index (χ2v) is 8.20. The molecule has 1 atom stereocenters. The third kappa shape index (κ3) is 5.27. The van der Waals surface area contributed by atoms with E-state index in [1.54, 1.807) is 0 Å². The SMILES string of the molecule is O=C(CCNc1ccc(Cl)cc1C(F)(F)F)NC1CCS(=O)(=O)C1. The van der Waals surface area contributed by atoms with Gasteiger partial charge in [-0.15, -0.1) is 0 Å². The Morgan fingerprint density at radius 3 is 2.62 bits per heavy atom. The van der Waals surface area contributed by atoms with Crippen molar-refractivity contribution in [2.75, 3.05) is 23.4 Å². The van der Waals surface area contributed by atoms with Crippen LogP contribution in [0.25, 0.3) is 0 Å². The minimum atomic E-state index is -4.56. The van der Waals surface area contributed by atoms with Crippen LogP contribution in [0.4, 0.5) is 18.9 Å². The Labute approximate surface area is 142 Å². The highest BCUT2D eigenvalue weighted by molar-refractivity contribution is 7.91. The lowest BCUT2D eigenvalue weighted by molar-refractivity contribution is -0.137. The first kappa shape index (κ1) is 18.9. The van der Waals surface area contributed by atoms with E-state index in [4.69, 9.17) is 11.6 Å². The zero-order valence-corrected chi connectivity index (χ0v) is 14.1. The van der Waals surface area contributed by atoms with E-state index >= 15 is 0 Å². The summed E-state index contributed by atoms with van der Waals surface area (Å²) in [6.45, 7) is -0.0178. The third-order valence-corrected chi connectivity index (χ3v) is 5.56. The van der Waals surface area contributed by atoms with Gasteiger partial charge in [-0.05, 0) is 24.6 Å². The summed E-state index contributed by atoms with van der Waals surface area (Å²) < 4.78 is 61.4. The number of halogens is 4. The molecule has 1 aromatic carbocycles. The molecule has 1 saturated heterocycles. The smallest absolute Gasteiger partial charge is 0.384 e. The van der Waals surface area contributed by atoms with Crippen molar-refractivity contribution in [2.24, 2.45) is 0 Å². The number of sulfone groups is 1. The van der Waals surface area contributed by atoms with Crippen molar-refractivity contribution in [3.05, 3.63) is 28.8 Å². The van der Waals surface area contributed by atoms with Crippen molar-refractivity contribution in [2.45, 2.75) is 25.1 Å². The number of benzene rings is 1. The molecule has 1 fully saturated rings. The Hall–Kier alpha value is -1.48. The van der Waals surface area contributed by atoms with Crippen molar-refractivity contribution in [3.63, 3.8) is 0 Å². The maximum absolute atomic E-state index is 12.9. The van der Waals surface area contributed by atoms with E-state index < -0.39 is 33.5 Å². The van der Waals surface area contributed by atoms with Gasteiger partial charge in [0.1, 0.15) is 0 Å². The third-order valence-electron chi connectivity index (χ3n) is 3.55. The van der Waals surface area contributed by atoms with E-state index in [0.29, 0.717) is 6.42 Å². The average Bonchev–Trinajstić information content (AvgIpc) is 2.78. The van der Waals surface area contributed by atoms with Gasteiger partial charge in [-0.3, -0.25) is 4.79 Å². The largest absolute Gasteiger partial charge is 0.418 e. The summed E-state index contributed by atoms with van der Waals surface area (Å²) in [5.74, 6) is -0.468. The normalized spacial score (nSPS) is 19.9. The molecule has 0 spiro atoms. The molecule has 0 saturated carbocycles. The second kappa shape index (κ2) is 7.18. The molecule has 2 N–H and O–H groups in total. The first-order valence-corrected chi connectivity index (χ1v) is 9.37. The van der Waals surface area contributed by atoms with Gasteiger partial charge in [-0.2, -0.15) is 13.2 Å². The highest BCUT2D eigenvalue weighted by Crippen LogP contribution is 2.36. The summed E-state index contributed by atoms with van der Waals surface area (Å²) in [5.41, 5.74) is -1.07. The van der Waals surface area contributed by atoms with Gasteiger partial charge in [0.05, 0.1) is 17.1 Å². The molecule has 1 unspecified atom stereocenters. The maximum Gasteiger partial charge on any atom is 0.418 e. The summed E-state index contributed by atoms with van der Waals surface area (Å²) in [5, 5.41) is 5.10. The average molecular weight is 385 g/mol. The molecule has 24 heavy (non-hydrogen) atoms. The fraction of sp³-hybridized carbons (Fsp3) is 0.500. The van der Waals surface area contributed by atoms with Crippen LogP contribution in [0.5, 0.6) is 0 Å². The van der Waals surface area contributed by atoms with Crippen molar-refractivity contribution >= 4 is 33.0 Å². The van der Waals surface area contributed by atoms with Crippen molar-refractivity contribution in [3.8, 4) is 0 Å². The highest BCUT2D eigenvalue weighted by atomic mass is 35.5. The first-order valence-electron chi connectivity index (χ1n) is 7.17. The van der Waals surface area contributed by atoms with Gasteiger partial charge in [0.2, 0.25) is 5.91 Å². The molecule has 0 radical (unpaired) electrons. The van der Waals surface area contributed by atoms with Crippen LogP contribution in [0.2, 0.25) is 5.02 Å². The molecular weight excluding hydrogens is 369 g/mol. The van der Waals surface area contributed by atoms with E-state index in [1.807, 2.05) is 0 Å². The molecule has 2 rings (SSSR count). The zero-order valence-electron chi connectivity index (χ0n) is 12.5. The van der Waals surface area contributed by atoms with Gasteiger partial charge in [0.25, 0.3) is 0 Å². The number of carbonyl (C=O) groups excluding carboxylic acids is 1. The number of hydrogen-bond acceptors (Lipinski definition) is 4. The van der Waals surface area contributed by atoms with Gasteiger partial charge >= 0.3 is 6.18 Å². The molecule has 10 heteroatoms. The molecule has 1 aliphatic heterocycles. The summed E-state index contributed by atoms with van der Waals surface area (Å²) in [6.07, 6.45) is -4.28. The Morgan fingerprint density at radius 2 is 2.04 bits per heavy atom. The lowest BCUT2D eigenvalue weighted by Crippen LogP contribution is -2.36. The van der Waals surface area contributed by atoms with Crippen LogP contribution < -0.4 is 10.6 Å². The number of anilines is 1. The van der Waals surface area contributed by atoms with Crippen LogP contribution in [0.3, 0.4) is 0 Å². The number of rotatable bonds is 5. The minimum absolute atomic E-state index is 0.0178. The number of alkyl halides is 3. The molecule has 1 aromatic rings. The lowest BCUT2D eigenvalue weighted by Gasteiger charge is -2.15. The predicted octanol–water partition coefficient (Wildman–Crippen LogP) is 2.46. The van der Waals surface area contributed by atoms with Crippen LogP contribution in [-0.4, -0.2) is 38.4 Å². The molecule has 0 aliphatic carbocycles. The maximum atomic E-state index is 12.9. The molecule has 1 amide bonds. The Balaban J connectivity index is 1.87. The van der Waals surface area contributed by atoms with E-state index in [-0.39, 0.29) is 35.2 Å². The number of carbonyl (C=O) groups is 1. The van der Waals surface area contributed by atoms with Gasteiger partial charge in [0, 0.05) is 29.7 Å². The zero-order chi connectivity index (χ0) is 18.0. The molecule has 0 bridgehead atoms. The predicted molar refractivity (Wildman–Crippen MR) is 84.8 cm³/mol. The highest BCUT2D eigenvalue weighted by Gasteiger charge is 2.34. The number of amides is 1. The van der Waals surface area contributed by atoms with Crippen LogP contribution in [0, 0.1) is 0 Å². The summed E-state index contributed by atoms with van der Waals surface area (Å²) in [4.78, 5) is 11.7. The van der Waals surface area contributed by atoms with Gasteiger partial charge < -0.3 is 10.6 Å². The van der Waals surface area contributed by atoms with Gasteiger partial charge in [-0.25, -0.2) is 8.42 Å². The molecule has 0 aromatic heterocycles. The quantitative estimate of drug-likeness (QED) is 0.817. The molecule has 1 aliphatic rings. The van der Waals surface area contributed by atoms with E-state index in [9.17, 15) is 26.4 Å². The van der Waals surface area contributed by atoms with Gasteiger partial charge in [-0.1, -0.05) is 11.6 Å². The second-order valence-electron chi connectivity index (χ2n) is 5.53. The number of hydrogen-bond donors (Lipinski definition) is 2. The fourth-order valence-electron chi connectivity index (χ4n) is 2.42. The lowest BCUT2D eigenvalue weighted by atomic mass is 10.1. The molecule has 1 heterocycles. The Bertz CT molecular complexity index is 722. The van der Waals surface area contributed by atoms with Crippen LogP contribution in [0.15, 0.2) is 18.2 Å². The van der Waals surface area contributed by atoms with Gasteiger partial charge in [0.15, 0.2) is 9.84 Å². The van der Waals surface area contributed by atoms with E-state index in [1.165, 1.54) is 12.1 Å². The molecular formula is C14H16ClF3N2O3S. The summed E-state index contributed by atoms with van der Waals surface area (Å²) >= 11 is 5.58. The van der Waals surface area contributed by atoms with Crippen molar-refractivity contribution in [1.82, 2.24) is 5.32 Å². The van der Waals surface area contributed by atoms with Crippen molar-refractivity contribution < 1.29 is 26.4 Å². The Kier molecular flexibility index (Phi) is 5.64. The van der Waals surface area contributed by atoms with E-state index in [2.05, 4.69) is 10.6 Å². The van der Waals surface area contributed by atoms with Crippen molar-refractivity contribution in [1.29, 1.82) is 0 Å². The Morgan fingerprint density at radius 1 is 1.33 bits per heavy atom. The monoisotopic (exact) mass is 384 g/mol. The fourth-order valence-corrected chi connectivity index (χ4v) is 4.27. The van der Waals surface area contributed by atoms with Crippen LogP contribution in [-0.2, 0) is 20.8 Å². The topological polar surface area (TPSA) is 75.3 Å². The van der Waals surface area contributed by atoms with Crippen LogP contribution >= 0.6 is 11.6 Å². The number of nitrogens with one attached hydrogen (secondary N) is 2. The molecule has 5 nitrogen and oxygen atoms in total. The first-order chi connectivity index (χ1) is 11.1. The van der Waals surface area contributed by atoms with E-state index in [0.717, 1.165) is 6.07 Å². The minimum Gasteiger partial charge on any atom is -0.384 e. The summed E-state index contributed by atoms with van der Waals surface area (Å²) in [7, 11) is -3.10. The summed E-state index contributed by atoms with van der Waals surface area (Å²) in [6, 6.07) is 2.91. The van der Waals surface area contributed by atoms with Crippen LogP contribution in [0.1, 0.15) is 18.4 Å². The molecule has 134 valence electrons. The standard InChI is InChI=1S/C14H16ClF3N2O3S/c15-9-1-2-12(11(7-9)14(16,17)18)19-5-3-13(21)20-10-4-6-24(22,23)8-10/h1-2,7,10,19H,3-6,8H2,(H,20,21).